The van der Waals surface area contributed by atoms with Crippen LogP contribution in [0.3, 0.4) is 0 Å². The minimum Gasteiger partial charge on any atom is -0.496 e. The van der Waals surface area contributed by atoms with Gasteiger partial charge in [-0.25, -0.2) is 4.79 Å². The Kier molecular flexibility index (Phi) is 8.07. The second kappa shape index (κ2) is 11.7. The molecule has 1 aliphatic heterocycles. The van der Waals surface area contributed by atoms with Crippen molar-refractivity contribution in [1.82, 2.24) is 10.2 Å². The average Bonchev–Trinajstić information content (AvgIpc) is 3.54. The lowest BCUT2D eigenvalue weighted by Gasteiger charge is -2.33. The number of thioether (sulfide) groups is 1. The Morgan fingerprint density at radius 2 is 1.88 bits per heavy atom. The topological polar surface area (TPSA) is 87.7 Å². The van der Waals surface area contributed by atoms with Gasteiger partial charge in [-0.1, -0.05) is 48.6 Å². The molecule has 3 aromatic carbocycles. The molecule has 3 amide bonds. The van der Waals surface area contributed by atoms with Gasteiger partial charge in [0, 0.05) is 22.1 Å². The number of fused-ring (bicyclic) bond motifs is 2. The lowest BCUT2D eigenvalue weighted by molar-refractivity contribution is -0.0328. The maximum absolute atomic E-state index is 13.5. The molecule has 3 aromatic rings. The summed E-state index contributed by atoms with van der Waals surface area (Å²) in [6.45, 7) is 0. The van der Waals surface area contributed by atoms with Gasteiger partial charge in [0.05, 0.1) is 18.7 Å². The normalized spacial score (nSPS) is 19.2. The van der Waals surface area contributed by atoms with Crippen LogP contribution in [0.15, 0.2) is 83.8 Å². The van der Waals surface area contributed by atoms with Gasteiger partial charge in [0.25, 0.3) is 5.91 Å². The van der Waals surface area contributed by atoms with Gasteiger partial charge in [0.15, 0.2) is 0 Å². The molecule has 41 heavy (non-hydrogen) atoms. The van der Waals surface area contributed by atoms with E-state index in [0.717, 1.165) is 17.4 Å². The highest BCUT2D eigenvalue weighted by Crippen LogP contribution is 2.39. The number of hydrogen-bond acceptors (Lipinski definition) is 5. The van der Waals surface area contributed by atoms with Crippen LogP contribution < -0.4 is 15.4 Å². The molecule has 3 atom stereocenters. The van der Waals surface area contributed by atoms with Gasteiger partial charge in [0.1, 0.15) is 18.2 Å². The van der Waals surface area contributed by atoms with E-state index < -0.39 is 23.6 Å². The van der Waals surface area contributed by atoms with Crippen LogP contribution in [0.1, 0.15) is 38.3 Å². The number of methoxy groups -OCH3 is 1. The summed E-state index contributed by atoms with van der Waals surface area (Å²) in [6.07, 6.45) is 4.99. The minimum absolute atomic E-state index is 0.0502. The molecule has 2 N–H and O–H groups in total. The van der Waals surface area contributed by atoms with Crippen molar-refractivity contribution in [3.63, 3.8) is 0 Å². The second-order valence-corrected chi connectivity index (χ2v) is 10.8. The van der Waals surface area contributed by atoms with Crippen LogP contribution in [0.5, 0.6) is 5.75 Å². The number of urea groups is 1. The van der Waals surface area contributed by atoms with Gasteiger partial charge in [-0.15, -0.1) is 0 Å². The predicted molar refractivity (Wildman–Crippen MR) is 149 cm³/mol. The molecule has 1 fully saturated rings. The van der Waals surface area contributed by atoms with Gasteiger partial charge < -0.3 is 15.4 Å². The van der Waals surface area contributed by atoms with Crippen LogP contribution in [-0.2, 0) is 6.42 Å². The van der Waals surface area contributed by atoms with E-state index in [1.165, 1.54) is 36.3 Å². The quantitative estimate of drug-likeness (QED) is 0.186. The van der Waals surface area contributed by atoms with Crippen molar-refractivity contribution in [1.29, 1.82) is 0 Å². The highest BCUT2D eigenvalue weighted by Gasteiger charge is 2.46. The summed E-state index contributed by atoms with van der Waals surface area (Å²) >= 11 is -0.262. The molecule has 0 spiro atoms. The number of anilines is 1. The number of benzene rings is 3. The van der Waals surface area contributed by atoms with Crippen molar-refractivity contribution < 1.29 is 32.3 Å². The van der Waals surface area contributed by atoms with E-state index in [1.807, 2.05) is 30.4 Å². The first kappa shape index (κ1) is 28.3. The Morgan fingerprint density at radius 1 is 1.07 bits per heavy atom. The molecule has 11 heteroatoms. The van der Waals surface area contributed by atoms with E-state index in [4.69, 9.17) is 4.74 Å². The zero-order valence-corrected chi connectivity index (χ0v) is 22.7. The van der Waals surface area contributed by atoms with Gasteiger partial charge in [0.2, 0.25) is 0 Å². The van der Waals surface area contributed by atoms with Crippen LogP contribution in [0.2, 0.25) is 0 Å². The third kappa shape index (κ3) is 6.40. The summed E-state index contributed by atoms with van der Waals surface area (Å²) in [4.78, 5) is 39.8. The smallest absolute Gasteiger partial charge is 0.446 e. The molecule has 0 radical (unpaired) electrons. The minimum atomic E-state index is -4.45. The number of ether oxygens (including phenoxy) is 1. The fourth-order valence-electron chi connectivity index (χ4n) is 5.26. The highest BCUT2D eigenvalue weighted by molar-refractivity contribution is 8.00. The molecular weight excluding hydrogens is 555 g/mol. The van der Waals surface area contributed by atoms with Gasteiger partial charge in [-0.05, 0) is 66.1 Å². The van der Waals surface area contributed by atoms with Crippen LogP contribution >= 0.6 is 11.8 Å². The maximum atomic E-state index is 13.5. The number of nitrogens with one attached hydrogen (secondary N) is 2. The molecule has 1 saturated heterocycles. The molecule has 5 rings (SSSR count). The number of likely N-dealkylation sites (tertiary alicyclic amines) is 1. The second-order valence-electron chi connectivity index (χ2n) is 9.71. The summed E-state index contributed by atoms with van der Waals surface area (Å²) in [7, 11) is 1.46. The van der Waals surface area contributed by atoms with E-state index >= 15 is 0 Å². The Bertz CT molecular complexity index is 1510. The van der Waals surface area contributed by atoms with E-state index in [0.29, 0.717) is 24.2 Å². The number of nitrogens with zero attached hydrogens (tertiary/aromatic N) is 1. The predicted octanol–water partition coefficient (Wildman–Crippen LogP) is 6.26. The van der Waals surface area contributed by atoms with Crippen molar-refractivity contribution in [2.45, 2.75) is 35.5 Å². The van der Waals surface area contributed by atoms with Gasteiger partial charge in [-0.2, -0.15) is 13.2 Å². The van der Waals surface area contributed by atoms with E-state index in [2.05, 4.69) is 10.6 Å². The van der Waals surface area contributed by atoms with E-state index in [-0.39, 0.29) is 39.9 Å². The summed E-state index contributed by atoms with van der Waals surface area (Å²) in [5.74, 6) is -0.223. The first-order valence-electron chi connectivity index (χ1n) is 12.8. The largest absolute Gasteiger partial charge is 0.496 e. The van der Waals surface area contributed by atoms with E-state index in [9.17, 15) is 27.6 Å². The summed E-state index contributed by atoms with van der Waals surface area (Å²) in [5, 5.41) is 5.64. The summed E-state index contributed by atoms with van der Waals surface area (Å²) in [5.41, 5.74) is -1.79. The fraction of sp³-hybridized carbons (Fsp3) is 0.233. The SMILES string of the molecule is COc1ccc(Cc2ccccc2C=O)cc1C(=O)NC1C2C=CC(C2)N1C(=O)Nc1cccc(SC(F)(F)F)c1. The molecule has 3 unspecified atom stereocenters. The molecular formula is C30H26F3N3O4S. The molecule has 1 heterocycles. The zero-order chi connectivity index (χ0) is 29.1. The molecule has 0 saturated carbocycles. The number of alkyl halides is 3. The van der Waals surface area contributed by atoms with Crippen molar-refractivity contribution in [3.8, 4) is 5.75 Å². The van der Waals surface area contributed by atoms with Crippen LogP contribution in [-0.4, -0.2) is 48.0 Å². The third-order valence-electron chi connectivity index (χ3n) is 7.07. The van der Waals surface area contributed by atoms with Gasteiger partial charge >= 0.3 is 11.5 Å². The number of carbonyl (C=O) groups excluding carboxylic acids is 3. The maximum Gasteiger partial charge on any atom is 0.446 e. The first-order valence-corrected chi connectivity index (χ1v) is 13.6. The average molecular weight is 582 g/mol. The Morgan fingerprint density at radius 3 is 2.63 bits per heavy atom. The summed E-state index contributed by atoms with van der Waals surface area (Å²) in [6, 6.07) is 17.1. The van der Waals surface area contributed by atoms with Crippen molar-refractivity contribution in [2.24, 2.45) is 5.92 Å². The standard InChI is InChI=1S/C30H26F3N3O4S/c1-40-26-12-9-18(13-19-5-2-3-6-21(19)17-37)14-25(26)28(38)35-27-20-10-11-23(15-20)36(27)29(39)34-22-7-4-8-24(16-22)41-30(31,32)33/h2-12,14,16-17,20,23,27H,13,15H2,1H3,(H,34,39)(H,35,38). The molecule has 2 aliphatic rings. The van der Waals surface area contributed by atoms with Gasteiger partial charge in [-0.3, -0.25) is 14.5 Å². The van der Waals surface area contributed by atoms with Crippen molar-refractivity contribution >= 4 is 35.7 Å². The molecule has 7 nitrogen and oxygen atoms in total. The lowest BCUT2D eigenvalue weighted by Crippen LogP contribution is -2.54. The molecule has 1 aliphatic carbocycles. The molecule has 0 aromatic heterocycles. The monoisotopic (exact) mass is 581 g/mol. The summed E-state index contributed by atoms with van der Waals surface area (Å²) < 4.78 is 43.9. The third-order valence-corrected chi connectivity index (χ3v) is 7.80. The zero-order valence-electron chi connectivity index (χ0n) is 21.9. The van der Waals surface area contributed by atoms with Crippen LogP contribution in [0, 0.1) is 5.92 Å². The van der Waals surface area contributed by atoms with Crippen molar-refractivity contribution in [2.75, 3.05) is 12.4 Å². The van der Waals surface area contributed by atoms with E-state index in [1.54, 1.807) is 24.3 Å². The van der Waals surface area contributed by atoms with Crippen LogP contribution in [0.4, 0.5) is 23.7 Å². The Balaban J connectivity index is 1.34. The molecule has 2 bridgehead atoms. The number of aldehydes is 1. The fourth-order valence-corrected chi connectivity index (χ4v) is 5.86. The Hall–Kier alpha value is -4.25. The van der Waals surface area contributed by atoms with Crippen molar-refractivity contribution in [3.05, 3.63) is 101 Å². The Labute approximate surface area is 238 Å². The number of halogens is 3. The number of carbonyl (C=O) groups is 3. The lowest BCUT2D eigenvalue weighted by atomic mass is 9.98. The number of amides is 3. The number of hydrogen-bond donors (Lipinski definition) is 2. The first-order chi connectivity index (χ1) is 19.6. The highest BCUT2D eigenvalue weighted by atomic mass is 32.2. The van der Waals surface area contributed by atoms with Crippen LogP contribution in [0.25, 0.3) is 0 Å². The molecule has 212 valence electrons. The number of rotatable bonds is 8.